The minimum atomic E-state index is 0.695. The van der Waals surface area contributed by atoms with Crippen LogP contribution in [0, 0.1) is 0 Å². The van der Waals surface area contributed by atoms with Crippen LogP contribution in [0.5, 0.6) is 5.75 Å². The fraction of sp³-hybridized carbons (Fsp3) is 0.333. The highest BCUT2D eigenvalue weighted by Crippen LogP contribution is 2.30. The number of hydrogen-bond acceptors (Lipinski definition) is 2. The van der Waals surface area contributed by atoms with Crippen molar-refractivity contribution in [2.75, 3.05) is 6.61 Å². The minimum Gasteiger partial charge on any atom is -0.493 e. The second-order valence-electron chi connectivity index (χ2n) is 5.28. The Morgan fingerprint density at radius 2 is 1.80 bits per heavy atom. The molecular weight excluding hydrogens is 246 g/mol. The van der Waals surface area contributed by atoms with Gasteiger partial charge >= 0.3 is 0 Å². The van der Waals surface area contributed by atoms with Crippen LogP contribution in [0.15, 0.2) is 48.5 Å². The lowest BCUT2D eigenvalue weighted by molar-refractivity contribution is 0.341. The Morgan fingerprint density at radius 1 is 1.05 bits per heavy atom. The highest BCUT2D eigenvalue weighted by Gasteiger charge is 2.19. The SMILES string of the molecule is CCOc1ccccc1-c1ccc(CNC2CC2)cc1. The van der Waals surface area contributed by atoms with E-state index in [1.54, 1.807) is 0 Å². The zero-order valence-corrected chi connectivity index (χ0v) is 11.9. The van der Waals surface area contributed by atoms with Gasteiger partial charge in [0.1, 0.15) is 5.75 Å². The Hall–Kier alpha value is -1.80. The van der Waals surface area contributed by atoms with Gasteiger partial charge in [-0.2, -0.15) is 0 Å². The number of rotatable bonds is 6. The molecule has 2 nitrogen and oxygen atoms in total. The second-order valence-corrected chi connectivity index (χ2v) is 5.28. The summed E-state index contributed by atoms with van der Waals surface area (Å²) in [7, 11) is 0. The van der Waals surface area contributed by atoms with Crippen LogP contribution in [0.3, 0.4) is 0 Å². The summed E-state index contributed by atoms with van der Waals surface area (Å²) < 4.78 is 5.70. The summed E-state index contributed by atoms with van der Waals surface area (Å²) >= 11 is 0. The number of ether oxygens (including phenoxy) is 1. The molecule has 20 heavy (non-hydrogen) atoms. The first-order valence-corrected chi connectivity index (χ1v) is 7.41. The van der Waals surface area contributed by atoms with Gasteiger partial charge in [-0.05, 0) is 37.0 Å². The smallest absolute Gasteiger partial charge is 0.127 e. The Kier molecular flexibility index (Phi) is 4.03. The van der Waals surface area contributed by atoms with Gasteiger partial charge in [-0.15, -0.1) is 0 Å². The van der Waals surface area contributed by atoms with Gasteiger partial charge < -0.3 is 10.1 Å². The quantitative estimate of drug-likeness (QED) is 0.854. The third-order valence-electron chi connectivity index (χ3n) is 3.62. The number of para-hydroxylation sites is 1. The normalized spacial score (nSPS) is 14.2. The molecule has 104 valence electrons. The Balaban J connectivity index is 1.75. The largest absolute Gasteiger partial charge is 0.493 e. The van der Waals surface area contributed by atoms with Crippen molar-refractivity contribution in [3.05, 3.63) is 54.1 Å². The first-order chi connectivity index (χ1) is 9.86. The summed E-state index contributed by atoms with van der Waals surface area (Å²) in [4.78, 5) is 0. The van der Waals surface area contributed by atoms with Crippen molar-refractivity contribution >= 4 is 0 Å². The van der Waals surface area contributed by atoms with Crippen LogP contribution in [0.4, 0.5) is 0 Å². The highest BCUT2D eigenvalue weighted by atomic mass is 16.5. The van der Waals surface area contributed by atoms with Gasteiger partial charge in [0.15, 0.2) is 0 Å². The Labute approximate surface area is 120 Å². The van der Waals surface area contributed by atoms with E-state index >= 15 is 0 Å². The summed E-state index contributed by atoms with van der Waals surface area (Å²) in [5.74, 6) is 0.957. The van der Waals surface area contributed by atoms with Gasteiger partial charge in [-0.1, -0.05) is 42.5 Å². The fourth-order valence-electron chi connectivity index (χ4n) is 2.34. The molecule has 0 aliphatic heterocycles. The first-order valence-electron chi connectivity index (χ1n) is 7.41. The second kappa shape index (κ2) is 6.10. The fourth-order valence-corrected chi connectivity index (χ4v) is 2.34. The monoisotopic (exact) mass is 267 g/mol. The molecule has 1 N–H and O–H groups in total. The molecule has 0 amide bonds. The maximum absolute atomic E-state index is 5.70. The Morgan fingerprint density at radius 3 is 2.50 bits per heavy atom. The molecule has 0 radical (unpaired) electrons. The van der Waals surface area contributed by atoms with Gasteiger partial charge in [0.2, 0.25) is 0 Å². The van der Waals surface area contributed by atoms with Gasteiger partial charge in [0.25, 0.3) is 0 Å². The van der Waals surface area contributed by atoms with E-state index in [9.17, 15) is 0 Å². The lowest BCUT2D eigenvalue weighted by atomic mass is 10.0. The van der Waals surface area contributed by atoms with Crippen molar-refractivity contribution in [2.45, 2.75) is 32.4 Å². The molecular formula is C18H21NO. The van der Waals surface area contributed by atoms with Crippen LogP contribution in [0.25, 0.3) is 11.1 Å². The van der Waals surface area contributed by atoms with Crippen LogP contribution in [0.2, 0.25) is 0 Å². The molecule has 1 saturated carbocycles. The van der Waals surface area contributed by atoms with E-state index in [0.29, 0.717) is 6.61 Å². The van der Waals surface area contributed by atoms with E-state index < -0.39 is 0 Å². The van der Waals surface area contributed by atoms with E-state index in [-0.39, 0.29) is 0 Å². The molecule has 2 heteroatoms. The molecule has 0 saturated heterocycles. The molecule has 1 aliphatic carbocycles. The van der Waals surface area contributed by atoms with Crippen molar-refractivity contribution in [3.8, 4) is 16.9 Å². The summed E-state index contributed by atoms with van der Waals surface area (Å²) in [5.41, 5.74) is 3.72. The van der Waals surface area contributed by atoms with Crippen LogP contribution in [-0.4, -0.2) is 12.6 Å². The molecule has 3 rings (SSSR count). The van der Waals surface area contributed by atoms with E-state index in [0.717, 1.165) is 23.9 Å². The van der Waals surface area contributed by atoms with Crippen molar-refractivity contribution in [1.82, 2.24) is 5.32 Å². The van der Waals surface area contributed by atoms with Gasteiger partial charge in [0.05, 0.1) is 6.61 Å². The molecule has 0 atom stereocenters. The third-order valence-corrected chi connectivity index (χ3v) is 3.62. The van der Waals surface area contributed by atoms with Crippen molar-refractivity contribution < 1.29 is 4.74 Å². The summed E-state index contributed by atoms with van der Waals surface area (Å²) in [6, 6.07) is 17.7. The standard InChI is InChI=1S/C18H21NO/c1-2-20-18-6-4-3-5-17(18)15-9-7-14(8-10-15)13-19-16-11-12-16/h3-10,16,19H,2,11-13H2,1H3. The predicted molar refractivity (Wildman–Crippen MR) is 82.9 cm³/mol. The van der Waals surface area contributed by atoms with E-state index in [1.165, 1.54) is 24.0 Å². The zero-order chi connectivity index (χ0) is 13.8. The van der Waals surface area contributed by atoms with E-state index in [2.05, 4.69) is 41.7 Å². The van der Waals surface area contributed by atoms with Gasteiger partial charge in [-0.3, -0.25) is 0 Å². The van der Waals surface area contributed by atoms with Crippen LogP contribution in [-0.2, 0) is 6.54 Å². The van der Waals surface area contributed by atoms with Crippen molar-refractivity contribution in [3.63, 3.8) is 0 Å². The molecule has 1 fully saturated rings. The average Bonchev–Trinajstić information content (AvgIpc) is 3.31. The number of nitrogens with one attached hydrogen (secondary N) is 1. The van der Waals surface area contributed by atoms with Gasteiger partial charge in [0, 0.05) is 18.2 Å². The average molecular weight is 267 g/mol. The lowest BCUT2D eigenvalue weighted by Crippen LogP contribution is -2.14. The molecule has 0 spiro atoms. The number of hydrogen-bond donors (Lipinski definition) is 1. The first kappa shape index (κ1) is 13.2. The van der Waals surface area contributed by atoms with Crippen molar-refractivity contribution in [1.29, 1.82) is 0 Å². The predicted octanol–water partition coefficient (Wildman–Crippen LogP) is 4.00. The van der Waals surface area contributed by atoms with Crippen LogP contribution < -0.4 is 10.1 Å². The van der Waals surface area contributed by atoms with Crippen molar-refractivity contribution in [2.24, 2.45) is 0 Å². The maximum atomic E-state index is 5.70. The highest BCUT2D eigenvalue weighted by molar-refractivity contribution is 5.70. The molecule has 0 bridgehead atoms. The van der Waals surface area contributed by atoms with Crippen LogP contribution in [0.1, 0.15) is 25.3 Å². The minimum absolute atomic E-state index is 0.695. The Bertz CT molecular complexity index is 558. The van der Waals surface area contributed by atoms with E-state index in [1.807, 2.05) is 19.1 Å². The van der Waals surface area contributed by atoms with Gasteiger partial charge in [-0.25, -0.2) is 0 Å². The zero-order valence-electron chi connectivity index (χ0n) is 11.9. The third kappa shape index (κ3) is 3.20. The summed E-state index contributed by atoms with van der Waals surface area (Å²) in [6.45, 7) is 3.68. The lowest BCUT2D eigenvalue weighted by Gasteiger charge is -2.11. The molecule has 1 aliphatic rings. The molecule has 0 aromatic heterocycles. The molecule has 0 heterocycles. The summed E-state index contributed by atoms with van der Waals surface area (Å²) in [5, 5.41) is 3.54. The summed E-state index contributed by atoms with van der Waals surface area (Å²) in [6.07, 6.45) is 2.67. The van der Waals surface area contributed by atoms with E-state index in [4.69, 9.17) is 4.74 Å². The van der Waals surface area contributed by atoms with Crippen LogP contribution >= 0.6 is 0 Å². The maximum Gasteiger partial charge on any atom is 0.127 e. The molecule has 0 unspecified atom stereocenters. The topological polar surface area (TPSA) is 21.3 Å². The molecule has 2 aromatic rings. The number of benzene rings is 2. The molecule has 2 aromatic carbocycles.